The Morgan fingerprint density at radius 2 is 2.20 bits per heavy atom. The van der Waals surface area contributed by atoms with Gasteiger partial charge in [-0.05, 0) is 25.5 Å². The van der Waals surface area contributed by atoms with Gasteiger partial charge in [0.25, 0.3) is 5.69 Å². The summed E-state index contributed by atoms with van der Waals surface area (Å²) in [6.45, 7) is 2.01. The van der Waals surface area contributed by atoms with E-state index in [1.54, 1.807) is 0 Å². The van der Waals surface area contributed by atoms with Crippen LogP contribution in [0.3, 0.4) is 0 Å². The van der Waals surface area contributed by atoms with Gasteiger partial charge in [0.2, 0.25) is 0 Å². The summed E-state index contributed by atoms with van der Waals surface area (Å²) in [4.78, 5) is 10.1. The summed E-state index contributed by atoms with van der Waals surface area (Å²) in [5.41, 5.74) is 0.364. The molecule has 0 saturated carbocycles. The molecule has 0 aromatic heterocycles. The number of hydrogen-bond acceptors (Lipinski definition) is 4. The normalized spacial score (nSPS) is 14.8. The minimum atomic E-state index is -1.21. The van der Waals surface area contributed by atoms with Crippen molar-refractivity contribution in [2.24, 2.45) is 0 Å². The molecule has 0 radical (unpaired) electrons. The fourth-order valence-electron chi connectivity index (χ4n) is 2.11. The molecule has 0 saturated heterocycles. The van der Waals surface area contributed by atoms with Crippen molar-refractivity contribution in [3.05, 3.63) is 45.5 Å². The van der Waals surface area contributed by atoms with Crippen molar-refractivity contribution in [2.75, 3.05) is 25.0 Å². The van der Waals surface area contributed by atoms with Crippen LogP contribution in [0, 0.1) is 21.7 Å². The van der Waals surface area contributed by atoms with Crippen molar-refractivity contribution in [1.29, 1.82) is 0 Å². The van der Waals surface area contributed by atoms with E-state index in [-0.39, 0.29) is 5.69 Å². The lowest BCUT2D eigenvalue weighted by Gasteiger charge is -2.14. The van der Waals surface area contributed by atoms with Crippen LogP contribution in [0.1, 0.15) is 12.8 Å². The summed E-state index contributed by atoms with van der Waals surface area (Å²) in [6.07, 6.45) is 3.59. The molecule has 7 heteroatoms. The first-order valence-corrected chi connectivity index (χ1v) is 6.34. The Labute approximate surface area is 114 Å². The van der Waals surface area contributed by atoms with Gasteiger partial charge < -0.3 is 10.6 Å². The number of nitrogens with zero attached hydrogens (tertiary/aromatic N) is 1. The van der Waals surface area contributed by atoms with Gasteiger partial charge in [-0.2, -0.15) is 0 Å². The van der Waals surface area contributed by atoms with E-state index in [1.165, 1.54) is 5.57 Å². The van der Waals surface area contributed by atoms with E-state index in [2.05, 4.69) is 10.6 Å². The predicted octanol–water partition coefficient (Wildman–Crippen LogP) is 2.59. The summed E-state index contributed by atoms with van der Waals surface area (Å²) in [5.74, 6) is -2.31. The highest BCUT2D eigenvalue weighted by atomic mass is 19.2. The maximum Gasteiger partial charge on any atom is 0.295 e. The van der Waals surface area contributed by atoms with Crippen LogP contribution < -0.4 is 10.6 Å². The number of nitrogens with one attached hydrogen (secondary N) is 2. The van der Waals surface area contributed by atoms with E-state index >= 15 is 0 Å². The zero-order chi connectivity index (χ0) is 14.5. The zero-order valence-electron chi connectivity index (χ0n) is 10.8. The largest absolute Gasteiger partial charge is 0.377 e. The number of rotatable bonds is 5. The van der Waals surface area contributed by atoms with Gasteiger partial charge in [0.1, 0.15) is 0 Å². The Bertz CT molecular complexity index is 547. The van der Waals surface area contributed by atoms with Crippen LogP contribution in [0.5, 0.6) is 0 Å². The van der Waals surface area contributed by atoms with E-state index in [0.717, 1.165) is 31.6 Å². The third-order valence-electron chi connectivity index (χ3n) is 3.18. The summed E-state index contributed by atoms with van der Waals surface area (Å²) < 4.78 is 26.8. The molecule has 108 valence electrons. The van der Waals surface area contributed by atoms with Crippen molar-refractivity contribution < 1.29 is 13.7 Å². The Morgan fingerprint density at radius 1 is 1.40 bits per heavy atom. The average molecular weight is 283 g/mol. The molecule has 0 spiro atoms. The summed E-state index contributed by atoms with van der Waals surface area (Å²) in [7, 11) is 0. The molecule has 20 heavy (non-hydrogen) atoms. The molecule has 1 aromatic rings. The minimum Gasteiger partial charge on any atom is -0.377 e. The SMILES string of the molecule is O=[N+]([O-])c1ccc(F)c(F)c1NCCC1=CCNCC1. The minimum absolute atomic E-state index is 0.326. The molecule has 0 aliphatic carbocycles. The van der Waals surface area contributed by atoms with E-state index in [1.807, 2.05) is 6.08 Å². The number of nitro groups is 1. The zero-order valence-corrected chi connectivity index (χ0v) is 10.8. The number of benzene rings is 1. The van der Waals surface area contributed by atoms with Crippen LogP contribution in [-0.4, -0.2) is 24.6 Å². The standard InChI is InChI=1S/C13H15F2N3O2/c14-10-1-2-11(18(19)20)13(12(10)15)17-8-5-9-3-6-16-7-4-9/h1-3,16-17H,4-8H2. The van der Waals surface area contributed by atoms with Crippen LogP contribution in [0.2, 0.25) is 0 Å². The Kier molecular flexibility index (Phi) is 4.62. The molecule has 1 aliphatic rings. The maximum atomic E-state index is 13.6. The first kappa shape index (κ1) is 14.4. The van der Waals surface area contributed by atoms with Gasteiger partial charge in [-0.3, -0.25) is 10.1 Å². The monoisotopic (exact) mass is 283 g/mol. The molecule has 0 amide bonds. The van der Waals surface area contributed by atoms with Gasteiger partial charge in [-0.15, -0.1) is 0 Å². The molecule has 5 nitrogen and oxygen atoms in total. The Balaban J connectivity index is 2.06. The lowest BCUT2D eigenvalue weighted by molar-refractivity contribution is -0.384. The number of anilines is 1. The van der Waals surface area contributed by atoms with Crippen LogP contribution in [0.25, 0.3) is 0 Å². The van der Waals surface area contributed by atoms with Crippen molar-refractivity contribution in [2.45, 2.75) is 12.8 Å². The van der Waals surface area contributed by atoms with Crippen LogP contribution >= 0.6 is 0 Å². The first-order valence-electron chi connectivity index (χ1n) is 6.34. The summed E-state index contributed by atoms with van der Waals surface area (Å²) in [5, 5.41) is 16.6. The number of hydrogen-bond donors (Lipinski definition) is 2. The highest BCUT2D eigenvalue weighted by Crippen LogP contribution is 2.29. The van der Waals surface area contributed by atoms with E-state index in [4.69, 9.17) is 0 Å². The number of nitro benzene ring substituents is 1. The summed E-state index contributed by atoms with van der Waals surface area (Å²) in [6, 6.07) is 1.72. The van der Waals surface area contributed by atoms with Gasteiger partial charge in [-0.1, -0.05) is 11.6 Å². The molecular weight excluding hydrogens is 268 g/mol. The van der Waals surface area contributed by atoms with E-state index in [0.29, 0.717) is 13.0 Å². The fourth-order valence-corrected chi connectivity index (χ4v) is 2.11. The Hall–Kier alpha value is -2.02. The Morgan fingerprint density at radius 3 is 2.85 bits per heavy atom. The quantitative estimate of drug-likeness (QED) is 0.495. The van der Waals surface area contributed by atoms with Crippen molar-refractivity contribution >= 4 is 11.4 Å². The van der Waals surface area contributed by atoms with Gasteiger partial charge in [0.05, 0.1) is 4.92 Å². The van der Waals surface area contributed by atoms with Crippen molar-refractivity contribution in [3.8, 4) is 0 Å². The van der Waals surface area contributed by atoms with Crippen LogP contribution in [0.15, 0.2) is 23.8 Å². The molecule has 0 bridgehead atoms. The fraction of sp³-hybridized carbons (Fsp3) is 0.385. The lowest BCUT2D eigenvalue weighted by Crippen LogP contribution is -2.21. The third-order valence-corrected chi connectivity index (χ3v) is 3.18. The summed E-state index contributed by atoms with van der Waals surface area (Å²) >= 11 is 0. The second-order valence-electron chi connectivity index (χ2n) is 4.51. The molecule has 0 fully saturated rings. The van der Waals surface area contributed by atoms with E-state index in [9.17, 15) is 18.9 Å². The molecule has 0 atom stereocenters. The molecule has 2 rings (SSSR count). The second kappa shape index (κ2) is 6.42. The van der Waals surface area contributed by atoms with Crippen molar-refractivity contribution in [1.82, 2.24) is 5.32 Å². The smallest absolute Gasteiger partial charge is 0.295 e. The average Bonchev–Trinajstić information content (AvgIpc) is 2.44. The van der Waals surface area contributed by atoms with Crippen molar-refractivity contribution in [3.63, 3.8) is 0 Å². The first-order chi connectivity index (χ1) is 9.59. The van der Waals surface area contributed by atoms with Gasteiger partial charge in [-0.25, -0.2) is 8.78 Å². The van der Waals surface area contributed by atoms with Crippen LogP contribution in [0.4, 0.5) is 20.2 Å². The van der Waals surface area contributed by atoms with Crippen LogP contribution in [-0.2, 0) is 0 Å². The maximum absolute atomic E-state index is 13.6. The highest BCUT2D eigenvalue weighted by Gasteiger charge is 2.21. The van der Waals surface area contributed by atoms with Gasteiger partial charge in [0, 0.05) is 19.2 Å². The topological polar surface area (TPSA) is 67.2 Å². The number of halogens is 2. The predicted molar refractivity (Wildman–Crippen MR) is 71.7 cm³/mol. The van der Waals surface area contributed by atoms with E-state index < -0.39 is 22.2 Å². The molecule has 1 aromatic carbocycles. The molecule has 1 aliphatic heterocycles. The highest BCUT2D eigenvalue weighted by molar-refractivity contribution is 5.62. The molecule has 0 unspecified atom stereocenters. The molecule has 2 N–H and O–H groups in total. The second-order valence-corrected chi connectivity index (χ2v) is 4.51. The lowest BCUT2D eigenvalue weighted by atomic mass is 10.1. The van der Waals surface area contributed by atoms with Gasteiger partial charge >= 0.3 is 0 Å². The third kappa shape index (κ3) is 3.30. The molecular formula is C13H15F2N3O2. The molecule has 1 heterocycles. The van der Waals surface area contributed by atoms with Gasteiger partial charge in [0.15, 0.2) is 17.3 Å².